The van der Waals surface area contributed by atoms with Crippen molar-refractivity contribution in [3.63, 3.8) is 0 Å². The third-order valence-corrected chi connectivity index (χ3v) is 2.82. The smallest absolute Gasteiger partial charge is 0.264 e. The zero-order valence-corrected chi connectivity index (χ0v) is 12.5. The van der Waals surface area contributed by atoms with Crippen molar-refractivity contribution in [3.05, 3.63) is 47.4 Å². The Morgan fingerprint density at radius 2 is 1.81 bits per heavy atom. The van der Waals surface area contributed by atoms with Gasteiger partial charge in [-0.25, -0.2) is 18.2 Å². The minimum atomic E-state index is -2.67. The first-order valence-electron chi connectivity index (χ1n) is 6.61. The minimum absolute atomic E-state index is 0.152. The topological polar surface area (TPSA) is 22.1 Å². The molecule has 1 aromatic heterocycles. The van der Waals surface area contributed by atoms with Crippen molar-refractivity contribution >= 4 is 0 Å². The van der Waals surface area contributed by atoms with Gasteiger partial charge in [-0.3, -0.25) is 0 Å². The van der Waals surface area contributed by atoms with Crippen molar-refractivity contribution in [3.8, 4) is 17.0 Å². The molecule has 21 heavy (non-hydrogen) atoms. The molecule has 0 atom stereocenters. The Kier molecular flexibility index (Phi) is 6.21. The average molecular weight is 297 g/mol. The Balaban J connectivity index is 0.00000106. The van der Waals surface area contributed by atoms with E-state index >= 15 is 0 Å². The number of halogens is 3. The van der Waals surface area contributed by atoms with E-state index in [4.69, 9.17) is 4.74 Å². The van der Waals surface area contributed by atoms with E-state index in [1.54, 1.807) is 6.07 Å². The molecular formula is C16H18F3NO. The molecule has 0 bridgehead atoms. The van der Waals surface area contributed by atoms with Gasteiger partial charge in [0.25, 0.3) is 6.43 Å². The van der Waals surface area contributed by atoms with Gasteiger partial charge in [-0.15, -0.1) is 0 Å². The maximum atomic E-state index is 13.6. The van der Waals surface area contributed by atoms with Crippen LogP contribution in [0, 0.1) is 12.7 Å². The van der Waals surface area contributed by atoms with Gasteiger partial charge in [0.2, 0.25) is 5.88 Å². The van der Waals surface area contributed by atoms with Crippen LogP contribution in [0.3, 0.4) is 0 Å². The summed E-state index contributed by atoms with van der Waals surface area (Å²) in [4.78, 5) is 3.89. The number of rotatable bonds is 3. The largest absolute Gasteiger partial charge is 0.481 e. The molecule has 0 N–H and O–H groups in total. The van der Waals surface area contributed by atoms with Crippen molar-refractivity contribution in [2.75, 3.05) is 7.11 Å². The van der Waals surface area contributed by atoms with E-state index in [0.717, 1.165) is 6.07 Å². The highest BCUT2D eigenvalue weighted by molar-refractivity contribution is 5.69. The van der Waals surface area contributed by atoms with Crippen LogP contribution in [0.1, 0.15) is 31.4 Å². The molecule has 0 aliphatic carbocycles. The van der Waals surface area contributed by atoms with Crippen LogP contribution >= 0.6 is 0 Å². The highest BCUT2D eigenvalue weighted by Crippen LogP contribution is 2.33. The van der Waals surface area contributed by atoms with Crippen LogP contribution in [0.5, 0.6) is 5.88 Å². The molecular weight excluding hydrogens is 279 g/mol. The number of hydrogen-bond acceptors (Lipinski definition) is 2. The van der Waals surface area contributed by atoms with E-state index in [9.17, 15) is 13.2 Å². The summed E-state index contributed by atoms with van der Waals surface area (Å²) in [7, 11) is 1.43. The predicted molar refractivity (Wildman–Crippen MR) is 77.2 cm³/mol. The van der Waals surface area contributed by atoms with Gasteiger partial charge >= 0.3 is 0 Å². The molecule has 0 aliphatic rings. The number of ether oxygens (including phenoxy) is 1. The van der Waals surface area contributed by atoms with Crippen LogP contribution in [0.4, 0.5) is 13.2 Å². The number of aryl methyl sites for hydroxylation is 1. The maximum absolute atomic E-state index is 13.6. The SMILES string of the molecule is CC.COc1cc(-c2cc(F)c(C)cc2C(F)F)ccn1. The Hall–Kier alpha value is -2.04. The van der Waals surface area contributed by atoms with Crippen molar-refractivity contribution in [2.24, 2.45) is 0 Å². The fraction of sp³-hybridized carbons (Fsp3) is 0.312. The average Bonchev–Trinajstić information content (AvgIpc) is 2.51. The Morgan fingerprint density at radius 1 is 1.14 bits per heavy atom. The summed E-state index contributed by atoms with van der Waals surface area (Å²) < 4.78 is 44.6. The van der Waals surface area contributed by atoms with Gasteiger partial charge in [0, 0.05) is 17.8 Å². The molecule has 0 saturated carbocycles. The van der Waals surface area contributed by atoms with E-state index in [2.05, 4.69) is 4.98 Å². The first-order chi connectivity index (χ1) is 10.0. The number of aromatic nitrogens is 1. The molecule has 1 heterocycles. The summed E-state index contributed by atoms with van der Waals surface area (Å²) in [6.45, 7) is 5.46. The lowest BCUT2D eigenvalue weighted by atomic mass is 9.98. The maximum Gasteiger partial charge on any atom is 0.264 e. The molecule has 0 saturated heterocycles. The summed E-state index contributed by atoms with van der Waals surface area (Å²) in [6, 6.07) is 5.32. The van der Waals surface area contributed by atoms with Crippen molar-refractivity contribution in [1.29, 1.82) is 0 Å². The highest BCUT2D eigenvalue weighted by atomic mass is 19.3. The zero-order valence-electron chi connectivity index (χ0n) is 12.5. The second-order valence-corrected chi connectivity index (χ2v) is 4.08. The molecule has 2 nitrogen and oxygen atoms in total. The molecule has 0 fully saturated rings. The lowest BCUT2D eigenvalue weighted by Gasteiger charge is -2.11. The van der Waals surface area contributed by atoms with E-state index in [1.165, 1.54) is 32.4 Å². The molecule has 1 aromatic carbocycles. The van der Waals surface area contributed by atoms with Crippen LogP contribution in [-0.4, -0.2) is 12.1 Å². The van der Waals surface area contributed by atoms with Crippen molar-refractivity contribution in [1.82, 2.24) is 4.98 Å². The van der Waals surface area contributed by atoms with Gasteiger partial charge < -0.3 is 4.74 Å². The summed E-state index contributed by atoms with van der Waals surface area (Å²) >= 11 is 0. The fourth-order valence-corrected chi connectivity index (χ4v) is 1.82. The molecule has 2 rings (SSSR count). The van der Waals surface area contributed by atoms with Crippen LogP contribution in [0.25, 0.3) is 11.1 Å². The summed E-state index contributed by atoms with van der Waals surface area (Å²) in [5, 5.41) is 0. The van der Waals surface area contributed by atoms with Crippen LogP contribution in [0.15, 0.2) is 30.5 Å². The first-order valence-corrected chi connectivity index (χ1v) is 6.61. The van der Waals surface area contributed by atoms with Crippen LogP contribution in [-0.2, 0) is 0 Å². The standard InChI is InChI=1S/C14H12F3NO.C2H6/c1-8-5-11(14(16)17)10(7-12(8)15)9-3-4-18-13(6-9)19-2;1-2/h3-7,14H,1-2H3;1-2H3. The van der Waals surface area contributed by atoms with Gasteiger partial charge in [0.15, 0.2) is 0 Å². The molecule has 0 spiro atoms. The van der Waals surface area contributed by atoms with Crippen LogP contribution < -0.4 is 4.74 Å². The highest BCUT2D eigenvalue weighted by Gasteiger charge is 2.17. The number of nitrogens with zero attached hydrogens (tertiary/aromatic N) is 1. The fourth-order valence-electron chi connectivity index (χ4n) is 1.82. The third-order valence-electron chi connectivity index (χ3n) is 2.82. The first kappa shape index (κ1) is 17.0. The predicted octanol–water partition coefficient (Wildman–Crippen LogP) is 5.17. The Labute approximate surface area is 122 Å². The number of benzene rings is 1. The molecule has 0 amide bonds. The number of hydrogen-bond donors (Lipinski definition) is 0. The summed E-state index contributed by atoms with van der Waals surface area (Å²) in [5.41, 5.74) is 0.590. The van der Waals surface area contributed by atoms with Crippen molar-refractivity contribution in [2.45, 2.75) is 27.2 Å². The quantitative estimate of drug-likeness (QED) is 0.780. The Bertz CT molecular complexity index is 600. The van der Waals surface area contributed by atoms with Gasteiger partial charge in [-0.2, -0.15) is 0 Å². The second kappa shape index (κ2) is 7.67. The van der Waals surface area contributed by atoms with Gasteiger partial charge in [0.05, 0.1) is 7.11 Å². The molecule has 5 heteroatoms. The number of alkyl halides is 2. The normalized spacial score (nSPS) is 10.1. The van der Waals surface area contributed by atoms with Crippen LogP contribution in [0.2, 0.25) is 0 Å². The Morgan fingerprint density at radius 3 is 2.38 bits per heavy atom. The van der Waals surface area contributed by atoms with Gasteiger partial charge in [-0.1, -0.05) is 13.8 Å². The van der Waals surface area contributed by atoms with E-state index in [0.29, 0.717) is 11.4 Å². The monoisotopic (exact) mass is 297 g/mol. The third kappa shape index (κ3) is 3.97. The molecule has 0 aliphatic heterocycles. The van der Waals surface area contributed by atoms with Crippen molar-refractivity contribution < 1.29 is 17.9 Å². The molecule has 0 unspecified atom stereocenters. The van der Waals surface area contributed by atoms with E-state index in [-0.39, 0.29) is 16.7 Å². The molecule has 2 aromatic rings. The van der Waals surface area contributed by atoms with Gasteiger partial charge in [-0.05, 0) is 41.8 Å². The van der Waals surface area contributed by atoms with E-state index < -0.39 is 12.2 Å². The number of methoxy groups -OCH3 is 1. The molecule has 0 radical (unpaired) electrons. The van der Waals surface area contributed by atoms with Gasteiger partial charge in [0.1, 0.15) is 5.82 Å². The summed E-state index contributed by atoms with van der Waals surface area (Å²) in [6.07, 6.45) is -1.24. The lowest BCUT2D eigenvalue weighted by Crippen LogP contribution is -1.96. The number of pyridine rings is 1. The van der Waals surface area contributed by atoms with E-state index in [1.807, 2.05) is 13.8 Å². The summed E-state index contributed by atoms with van der Waals surface area (Å²) in [5.74, 6) is -0.228. The zero-order chi connectivity index (χ0) is 16.0. The lowest BCUT2D eigenvalue weighted by molar-refractivity contribution is 0.152. The molecule has 114 valence electrons. The second-order valence-electron chi connectivity index (χ2n) is 4.08. The minimum Gasteiger partial charge on any atom is -0.481 e.